The number of hydrogen-bond donors (Lipinski definition) is 1. The predicted molar refractivity (Wildman–Crippen MR) is 43.3 cm³/mol. The maximum Gasteiger partial charge on any atom is 0.335 e. The smallest absolute Gasteiger partial charge is 0.335 e. The summed E-state index contributed by atoms with van der Waals surface area (Å²) >= 11 is 0. The second kappa shape index (κ2) is 3.99. The van der Waals surface area contributed by atoms with Gasteiger partial charge in [-0.25, -0.2) is 4.79 Å². The van der Waals surface area contributed by atoms with Crippen LogP contribution < -0.4 is 5.32 Å². The van der Waals surface area contributed by atoms with Crippen molar-refractivity contribution in [3.8, 4) is 0 Å². The maximum absolute atomic E-state index is 10.7. The zero-order valence-corrected chi connectivity index (χ0v) is 7.29. The number of rotatable bonds is 2. The van der Waals surface area contributed by atoms with Crippen LogP contribution >= 0.6 is 0 Å². The Labute approximate surface area is 71.5 Å². The topological polar surface area (TPSA) is 47.6 Å². The fourth-order valence-electron chi connectivity index (χ4n) is 0.944. The molecular formula is C8H13NO3. The summed E-state index contributed by atoms with van der Waals surface area (Å²) in [5.41, 5.74) is 0. The van der Waals surface area contributed by atoms with Gasteiger partial charge in [-0.05, 0) is 6.42 Å². The Morgan fingerprint density at radius 1 is 1.92 bits per heavy atom. The molecule has 1 aliphatic heterocycles. The molecule has 1 saturated heterocycles. The molecule has 0 spiro atoms. The summed E-state index contributed by atoms with van der Waals surface area (Å²) in [5.74, 6) is 0.114. The van der Waals surface area contributed by atoms with E-state index < -0.39 is 5.97 Å². The van der Waals surface area contributed by atoms with Crippen LogP contribution in [0, 0.1) is 0 Å². The van der Waals surface area contributed by atoms with Crippen molar-refractivity contribution < 1.29 is 14.3 Å². The highest BCUT2D eigenvalue weighted by Gasteiger charge is 2.18. The van der Waals surface area contributed by atoms with Crippen molar-refractivity contribution in [1.29, 1.82) is 0 Å². The van der Waals surface area contributed by atoms with Gasteiger partial charge in [0.05, 0.1) is 19.2 Å². The van der Waals surface area contributed by atoms with Crippen molar-refractivity contribution in [2.75, 3.05) is 13.7 Å². The maximum atomic E-state index is 10.7. The predicted octanol–water partition coefficient (Wildman–Crippen LogP) is 0.399. The van der Waals surface area contributed by atoms with Crippen LogP contribution in [0.3, 0.4) is 0 Å². The van der Waals surface area contributed by atoms with Gasteiger partial charge in [-0.3, -0.25) is 0 Å². The minimum atomic E-state index is -0.394. The molecule has 1 rings (SSSR count). The van der Waals surface area contributed by atoms with E-state index in [-0.39, 0.29) is 0 Å². The lowest BCUT2D eigenvalue weighted by atomic mass is 10.2. The summed E-state index contributed by atoms with van der Waals surface area (Å²) in [7, 11) is 1.34. The molecule has 0 amide bonds. The van der Waals surface area contributed by atoms with E-state index in [2.05, 4.69) is 17.0 Å². The SMILES string of the molecule is CCC1CO/C(=C\C(=O)OC)N1. The van der Waals surface area contributed by atoms with Crippen LogP contribution in [0.5, 0.6) is 0 Å². The van der Waals surface area contributed by atoms with Crippen LogP contribution in [-0.2, 0) is 14.3 Å². The second-order valence-corrected chi connectivity index (χ2v) is 2.59. The molecule has 0 radical (unpaired) electrons. The Morgan fingerprint density at radius 3 is 3.17 bits per heavy atom. The van der Waals surface area contributed by atoms with E-state index in [1.54, 1.807) is 0 Å². The molecular weight excluding hydrogens is 158 g/mol. The average molecular weight is 171 g/mol. The Hall–Kier alpha value is -1.19. The molecule has 1 unspecified atom stereocenters. The van der Waals surface area contributed by atoms with Crippen molar-refractivity contribution >= 4 is 5.97 Å². The first-order chi connectivity index (χ1) is 5.76. The summed E-state index contributed by atoms with van der Waals surface area (Å²) in [6.45, 7) is 2.68. The van der Waals surface area contributed by atoms with Gasteiger partial charge in [-0.2, -0.15) is 0 Å². The van der Waals surface area contributed by atoms with Gasteiger partial charge < -0.3 is 14.8 Å². The van der Waals surface area contributed by atoms with Crippen LogP contribution in [0.1, 0.15) is 13.3 Å². The molecule has 1 heterocycles. The second-order valence-electron chi connectivity index (χ2n) is 2.59. The van der Waals surface area contributed by atoms with E-state index in [9.17, 15) is 4.79 Å². The van der Waals surface area contributed by atoms with Crippen LogP contribution in [0.4, 0.5) is 0 Å². The largest absolute Gasteiger partial charge is 0.477 e. The van der Waals surface area contributed by atoms with Crippen LogP contribution in [0.2, 0.25) is 0 Å². The zero-order chi connectivity index (χ0) is 8.97. The van der Waals surface area contributed by atoms with Gasteiger partial charge in [-0.15, -0.1) is 0 Å². The molecule has 1 fully saturated rings. The molecule has 68 valence electrons. The number of carbonyl (C=O) groups is 1. The third-order valence-corrected chi connectivity index (χ3v) is 1.73. The van der Waals surface area contributed by atoms with Gasteiger partial charge in [0.2, 0.25) is 0 Å². The number of methoxy groups -OCH3 is 1. The molecule has 0 bridgehead atoms. The molecule has 0 aromatic carbocycles. The molecule has 1 aliphatic rings. The first-order valence-electron chi connectivity index (χ1n) is 3.95. The molecule has 12 heavy (non-hydrogen) atoms. The standard InChI is InChI=1S/C8H13NO3/c1-3-6-5-12-7(9-6)4-8(10)11-2/h4,6,9H,3,5H2,1-2H3/b7-4-. The van der Waals surface area contributed by atoms with E-state index in [4.69, 9.17) is 4.74 Å². The van der Waals surface area contributed by atoms with Gasteiger partial charge in [-0.1, -0.05) is 6.92 Å². The van der Waals surface area contributed by atoms with Crippen molar-refractivity contribution in [3.63, 3.8) is 0 Å². The van der Waals surface area contributed by atoms with Crippen molar-refractivity contribution in [3.05, 3.63) is 12.0 Å². The summed E-state index contributed by atoms with van der Waals surface area (Å²) in [5, 5.41) is 3.04. The lowest BCUT2D eigenvalue weighted by Gasteiger charge is -2.01. The molecule has 0 aliphatic carbocycles. The van der Waals surface area contributed by atoms with Gasteiger partial charge in [0, 0.05) is 0 Å². The van der Waals surface area contributed by atoms with E-state index in [1.165, 1.54) is 13.2 Å². The fraction of sp³-hybridized carbons (Fsp3) is 0.625. The lowest BCUT2D eigenvalue weighted by molar-refractivity contribution is -0.135. The van der Waals surface area contributed by atoms with Gasteiger partial charge in [0.1, 0.15) is 6.61 Å². The van der Waals surface area contributed by atoms with Crippen molar-refractivity contribution in [1.82, 2.24) is 5.32 Å². The van der Waals surface area contributed by atoms with E-state index in [1.807, 2.05) is 0 Å². The first-order valence-corrected chi connectivity index (χ1v) is 3.95. The van der Waals surface area contributed by atoms with E-state index in [0.717, 1.165) is 6.42 Å². The molecule has 1 N–H and O–H groups in total. The Morgan fingerprint density at radius 2 is 2.67 bits per heavy atom. The Kier molecular flexibility index (Phi) is 2.96. The monoisotopic (exact) mass is 171 g/mol. The molecule has 1 atom stereocenters. The third kappa shape index (κ3) is 2.15. The number of esters is 1. The number of carbonyl (C=O) groups excluding carboxylic acids is 1. The van der Waals surface area contributed by atoms with Gasteiger partial charge in [0.15, 0.2) is 5.88 Å². The highest BCUT2D eigenvalue weighted by Crippen LogP contribution is 2.08. The summed E-state index contributed by atoms with van der Waals surface area (Å²) < 4.78 is 9.62. The molecule has 0 aromatic rings. The minimum Gasteiger partial charge on any atom is -0.477 e. The van der Waals surface area contributed by atoms with E-state index >= 15 is 0 Å². The van der Waals surface area contributed by atoms with Crippen LogP contribution in [0.25, 0.3) is 0 Å². The molecule has 0 aromatic heterocycles. The summed E-state index contributed by atoms with van der Waals surface area (Å²) in [6.07, 6.45) is 2.30. The highest BCUT2D eigenvalue weighted by molar-refractivity contribution is 5.82. The number of nitrogens with one attached hydrogen (secondary N) is 1. The summed E-state index contributed by atoms with van der Waals surface area (Å²) in [4.78, 5) is 10.7. The molecule has 0 saturated carbocycles. The Bertz CT molecular complexity index is 200. The van der Waals surface area contributed by atoms with Crippen LogP contribution in [0.15, 0.2) is 12.0 Å². The minimum absolute atomic E-state index is 0.320. The lowest BCUT2D eigenvalue weighted by Crippen LogP contribution is -2.21. The quantitative estimate of drug-likeness (QED) is 0.482. The average Bonchev–Trinajstić information content (AvgIpc) is 2.52. The molecule has 4 heteroatoms. The van der Waals surface area contributed by atoms with Gasteiger partial charge >= 0.3 is 5.97 Å². The van der Waals surface area contributed by atoms with E-state index in [0.29, 0.717) is 18.5 Å². The first kappa shape index (κ1) is 8.90. The summed E-state index contributed by atoms with van der Waals surface area (Å²) in [6, 6.07) is 0.320. The van der Waals surface area contributed by atoms with Crippen LogP contribution in [-0.4, -0.2) is 25.7 Å². The number of hydrogen-bond acceptors (Lipinski definition) is 4. The van der Waals surface area contributed by atoms with Gasteiger partial charge in [0.25, 0.3) is 0 Å². The normalized spacial score (nSPS) is 24.8. The molecule has 4 nitrogen and oxygen atoms in total. The third-order valence-electron chi connectivity index (χ3n) is 1.73. The Balaban J connectivity index is 2.45. The van der Waals surface area contributed by atoms with Crippen molar-refractivity contribution in [2.45, 2.75) is 19.4 Å². The van der Waals surface area contributed by atoms with Crippen molar-refractivity contribution in [2.24, 2.45) is 0 Å². The highest BCUT2D eigenvalue weighted by atomic mass is 16.5. The fourth-order valence-corrected chi connectivity index (χ4v) is 0.944. The zero-order valence-electron chi connectivity index (χ0n) is 7.29. The number of ether oxygens (including phenoxy) is 2.